The molecule has 1 saturated heterocycles. The summed E-state index contributed by atoms with van der Waals surface area (Å²) < 4.78 is 27.5. The number of hydrogen-bond donors (Lipinski definition) is 1. The van der Waals surface area contributed by atoms with E-state index in [1.165, 1.54) is 4.31 Å². The zero-order valence-corrected chi connectivity index (χ0v) is 15.9. The van der Waals surface area contributed by atoms with Gasteiger partial charge in [-0.2, -0.15) is 4.31 Å². The molecule has 0 aromatic heterocycles. The van der Waals surface area contributed by atoms with E-state index in [0.29, 0.717) is 17.7 Å². The van der Waals surface area contributed by atoms with Gasteiger partial charge in [0, 0.05) is 13.1 Å². The Morgan fingerprint density at radius 2 is 1.58 bits per heavy atom. The predicted octanol–water partition coefficient (Wildman–Crippen LogP) is 3.09. The molecule has 1 fully saturated rings. The van der Waals surface area contributed by atoms with Crippen LogP contribution in [0.1, 0.15) is 50.3 Å². The van der Waals surface area contributed by atoms with E-state index >= 15 is 0 Å². The van der Waals surface area contributed by atoms with Crippen molar-refractivity contribution in [3.8, 4) is 0 Å². The Hall–Kier alpha value is -1.40. The van der Waals surface area contributed by atoms with Crippen molar-refractivity contribution in [3.05, 3.63) is 28.8 Å². The molecule has 24 heavy (non-hydrogen) atoms. The minimum Gasteiger partial charge on any atom is -0.481 e. The molecule has 1 aliphatic rings. The third-order valence-corrected chi connectivity index (χ3v) is 6.93. The van der Waals surface area contributed by atoms with Gasteiger partial charge >= 0.3 is 5.97 Å². The molecule has 0 bridgehead atoms. The van der Waals surface area contributed by atoms with Crippen molar-refractivity contribution >= 4 is 16.0 Å². The lowest BCUT2D eigenvalue weighted by Crippen LogP contribution is -2.40. The zero-order chi connectivity index (χ0) is 18.3. The molecule has 0 unspecified atom stereocenters. The summed E-state index contributed by atoms with van der Waals surface area (Å²) in [6, 6.07) is 3.90. The zero-order valence-electron chi connectivity index (χ0n) is 15.1. The monoisotopic (exact) mass is 353 g/mol. The van der Waals surface area contributed by atoms with Gasteiger partial charge in [0.2, 0.25) is 10.0 Å². The molecular formula is C18H27NO4S. The summed E-state index contributed by atoms with van der Waals surface area (Å²) in [6.07, 6.45) is 0.736. The normalized spacial score (nSPS) is 17.9. The summed E-state index contributed by atoms with van der Waals surface area (Å²) >= 11 is 0. The Morgan fingerprint density at radius 1 is 1.12 bits per heavy atom. The van der Waals surface area contributed by atoms with Crippen molar-refractivity contribution in [1.29, 1.82) is 0 Å². The summed E-state index contributed by atoms with van der Waals surface area (Å²) in [5.74, 6) is -1.28. The van der Waals surface area contributed by atoms with Gasteiger partial charge in [-0.25, -0.2) is 8.42 Å². The third-order valence-electron chi connectivity index (χ3n) is 4.73. The standard InChI is InChI=1S/C18H27NO4S/c1-12-10-15(18(3,4)5)11-13(2)16(12)24(22,23)19-8-6-14(7-9-19)17(20)21/h10-11,14H,6-9H2,1-5H3,(H,20,21). The molecule has 134 valence electrons. The van der Waals surface area contributed by atoms with Crippen molar-refractivity contribution in [2.45, 2.75) is 57.8 Å². The summed E-state index contributed by atoms with van der Waals surface area (Å²) in [4.78, 5) is 11.4. The van der Waals surface area contributed by atoms with Crippen LogP contribution in [0, 0.1) is 19.8 Å². The number of sulfonamides is 1. The number of nitrogens with zero attached hydrogens (tertiary/aromatic N) is 1. The SMILES string of the molecule is Cc1cc(C(C)(C)C)cc(C)c1S(=O)(=O)N1CCC(C(=O)O)CC1. The van der Waals surface area contributed by atoms with E-state index in [1.54, 1.807) is 0 Å². The lowest BCUT2D eigenvalue weighted by atomic mass is 9.85. The summed E-state index contributed by atoms with van der Waals surface area (Å²) in [7, 11) is -3.59. The minimum atomic E-state index is -3.59. The van der Waals surface area contributed by atoms with Crippen LogP contribution in [0.2, 0.25) is 0 Å². The van der Waals surface area contributed by atoms with Crippen LogP contribution < -0.4 is 0 Å². The first-order valence-corrected chi connectivity index (χ1v) is 9.73. The highest BCUT2D eigenvalue weighted by molar-refractivity contribution is 7.89. The minimum absolute atomic E-state index is 0.0440. The molecule has 0 aliphatic carbocycles. The van der Waals surface area contributed by atoms with Gasteiger partial charge in [0.1, 0.15) is 0 Å². The Morgan fingerprint density at radius 3 is 1.96 bits per heavy atom. The first kappa shape index (κ1) is 18.9. The highest BCUT2D eigenvalue weighted by Crippen LogP contribution is 2.32. The van der Waals surface area contributed by atoms with Crippen LogP contribution >= 0.6 is 0 Å². The Balaban J connectivity index is 2.36. The lowest BCUT2D eigenvalue weighted by molar-refractivity contribution is -0.142. The van der Waals surface area contributed by atoms with E-state index in [9.17, 15) is 13.2 Å². The molecule has 0 atom stereocenters. The average Bonchev–Trinajstić information content (AvgIpc) is 2.45. The number of aryl methyl sites for hydroxylation is 2. The number of rotatable bonds is 3. The topological polar surface area (TPSA) is 74.7 Å². The van der Waals surface area contributed by atoms with Crippen LogP contribution in [0.15, 0.2) is 17.0 Å². The second kappa shape index (κ2) is 6.48. The number of piperidine rings is 1. The Kier molecular flexibility index (Phi) is 5.11. The maximum Gasteiger partial charge on any atom is 0.306 e. The van der Waals surface area contributed by atoms with Crippen LogP contribution in [-0.4, -0.2) is 36.9 Å². The second-order valence-electron chi connectivity index (χ2n) is 7.71. The van der Waals surface area contributed by atoms with E-state index in [0.717, 1.165) is 16.7 Å². The third kappa shape index (κ3) is 3.64. The van der Waals surface area contributed by atoms with Crippen molar-refractivity contribution in [3.63, 3.8) is 0 Å². The fraction of sp³-hybridized carbons (Fsp3) is 0.611. The molecule has 0 spiro atoms. The first-order valence-electron chi connectivity index (χ1n) is 8.29. The maximum atomic E-state index is 13.0. The van der Waals surface area contributed by atoms with E-state index in [4.69, 9.17) is 5.11 Å². The molecule has 0 amide bonds. The van der Waals surface area contributed by atoms with Crippen molar-refractivity contribution in [2.75, 3.05) is 13.1 Å². The number of carboxylic acids is 1. The highest BCUT2D eigenvalue weighted by atomic mass is 32.2. The van der Waals surface area contributed by atoms with Crippen molar-refractivity contribution in [1.82, 2.24) is 4.31 Å². The summed E-state index contributed by atoms with van der Waals surface area (Å²) in [5, 5.41) is 9.07. The van der Waals surface area contributed by atoms with Gasteiger partial charge < -0.3 is 5.11 Å². The van der Waals surface area contributed by atoms with Crippen LogP contribution in [0.4, 0.5) is 0 Å². The number of hydrogen-bond acceptors (Lipinski definition) is 3. The highest BCUT2D eigenvalue weighted by Gasteiger charge is 2.34. The van der Waals surface area contributed by atoms with Gasteiger partial charge in [0.15, 0.2) is 0 Å². The largest absolute Gasteiger partial charge is 0.481 e. The second-order valence-corrected chi connectivity index (χ2v) is 9.58. The summed E-state index contributed by atoms with van der Waals surface area (Å²) in [6.45, 7) is 10.5. The fourth-order valence-corrected chi connectivity index (χ4v) is 5.14. The summed E-state index contributed by atoms with van der Waals surface area (Å²) in [5.41, 5.74) is 2.57. The van der Waals surface area contributed by atoms with Gasteiger partial charge in [-0.1, -0.05) is 32.9 Å². The fourth-order valence-electron chi connectivity index (χ4n) is 3.26. The quantitative estimate of drug-likeness (QED) is 0.906. The molecule has 2 rings (SSSR count). The molecule has 1 aliphatic heterocycles. The molecule has 1 aromatic carbocycles. The van der Waals surface area contributed by atoms with Gasteiger partial charge in [0.05, 0.1) is 10.8 Å². The van der Waals surface area contributed by atoms with Crippen LogP contribution in [0.3, 0.4) is 0 Å². The number of carboxylic acid groups (broad SMARTS) is 1. The van der Waals surface area contributed by atoms with Crippen LogP contribution in [-0.2, 0) is 20.2 Å². The molecule has 0 radical (unpaired) electrons. The Labute approximate surface area is 144 Å². The lowest BCUT2D eigenvalue weighted by Gasteiger charge is -2.31. The van der Waals surface area contributed by atoms with E-state index in [1.807, 2.05) is 26.0 Å². The molecule has 6 heteroatoms. The van der Waals surface area contributed by atoms with Gasteiger partial charge in [-0.15, -0.1) is 0 Å². The van der Waals surface area contributed by atoms with E-state index < -0.39 is 21.9 Å². The number of benzene rings is 1. The smallest absolute Gasteiger partial charge is 0.306 e. The van der Waals surface area contributed by atoms with Gasteiger partial charge in [0.25, 0.3) is 0 Å². The molecule has 1 aromatic rings. The maximum absolute atomic E-state index is 13.0. The van der Waals surface area contributed by atoms with Gasteiger partial charge in [-0.05, 0) is 48.8 Å². The van der Waals surface area contributed by atoms with Crippen molar-refractivity contribution in [2.24, 2.45) is 5.92 Å². The van der Waals surface area contributed by atoms with Crippen LogP contribution in [0.5, 0.6) is 0 Å². The van der Waals surface area contributed by atoms with E-state index in [2.05, 4.69) is 20.8 Å². The molecule has 0 saturated carbocycles. The average molecular weight is 353 g/mol. The van der Waals surface area contributed by atoms with Crippen LogP contribution in [0.25, 0.3) is 0 Å². The first-order chi connectivity index (χ1) is 10.9. The Bertz CT molecular complexity index is 716. The molecule has 1 heterocycles. The van der Waals surface area contributed by atoms with Crippen molar-refractivity contribution < 1.29 is 18.3 Å². The van der Waals surface area contributed by atoms with Gasteiger partial charge in [-0.3, -0.25) is 4.79 Å². The molecule has 5 nitrogen and oxygen atoms in total. The molecule has 1 N–H and O–H groups in total. The molecular weight excluding hydrogens is 326 g/mol. The number of carbonyl (C=O) groups is 1. The number of aliphatic carboxylic acids is 1. The van der Waals surface area contributed by atoms with E-state index in [-0.39, 0.29) is 18.5 Å². The predicted molar refractivity (Wildman–Crippen MR) is 93.7 cm³/mol.